The SMILES string of the molecule is Cc1cc(CCCOc2c(C)cc(-c3noc(C(F)(F)Br)n3)cc2C)on1. The highest BCUT2D eigenvalue weighted by atomic mass is 79.9. The summed E-state index contributed by atoms with van der Waals surface area (Å²) in [4.78, 5) is 0.389. The van der Waals surface area contributed by atoms with Gasteiger partial charge in [0.2, 0.25) is 5.82 Å². The fourth-order valence-corrected chi connectivity index (χ4v) is 2.88. The van der Waals surface area contributed by atoms with Gasteiger partial charge in [0.1, 0.15) is 11.5 Å². The van der Waals surface area contributed by atoms with Crippen molar-refractivity contribution in [2.45, 2.75) is 38.4 Å². The lowest BCUT2D eigenvalue weighted by Gasteiger charge is -2.13. The van der Waals surface area contributed by atoms with E-state index in [0.29, 0.717) is 12.2 Å². The number of nitrogens with zero attached hydrogens (tertiary/aromatic N) is 3. The molecule has 0 amide bonds. The van der Waals surface area contributed by atoms with Crippen LogP contribution in [0.4, 0.5) is 8.78 Å². The van der Waals surface area contributed by atoms with Gasteiger partial charge in [0, 0.05) is 34.0 Å². The van der Waals surface area contributed by atoms with Gasteiger partial charge in [0.25, 0.3) is 0 Å². The zero-order chi connectivity index (χ0) is 19.6. The van der Waals surface area contributed by atoms with Crippen LogP contribution >= 0.6 is 15.9 Å². The molecular weight excluding hydrogens is 424 g/mol. The van der Waals surface area contributed by atoms with Crippen LogP contribution in [0, 0.1) is 20.8 Å². The van der Waals surface area contributed by atoms with Crippen LogP contribution in [0.5, 0.6) is 5.75 Å². The minimum absolute atomic E-state index is 0.0996. The quantitative estimate of drug-likeness (QED) is 0.374. The number of aromatic nitrogens is 3. The lowest BCUT2D eigenvalue weighted by atomic mass is 10.1. The second-order valence-corrected chi connectivity index (χ2v) is 7.24. The van der Waals surface area contributed by atoms with E-state index in [2.05, 4.69) is 35.8 Å². The molecule has 6 nitrogen and oxygen atoms in total. The smallest absolute Gasteiger partial charge is 0.378 e. The molecule has 144 valence electrons. The third kappa shape index (κ3) is 4.71. The number of aryl methyl sites for hydroxylation is 4. The Balaban J connectivity index is 1.66. The van der Waals surface area contributed by atoms with E-state index in [1.807, 2.05) is 26.8 Å². The summed E-state index contributed by atoms with van der Waals surface area (Å²) < 4.78 is 42.1. The van der Waals surface area contributed by atoms with Gasteiger partial charge in [-0.2, -0.15) is 13.8 Å². The molecular formula is C18H18BrF2N3O3. The third-order valence-corrected chi connectivity index (χ3v) is 4.22. The van der Waals surface area contributed by atoms with E-state index in [-0.39, 0.29) is 5.82 Å². The van der Waals surface area contributed by atoms with E-state index in [1.165, 1.54) is 0 Å². The van der Waals surface area contributed by atoms with Crippen LogP contribution in [0.1, 0.15) is 34.9 Å². The maximum atomic E-state index is 13.2. The first-order chi connectivity index (χ1) is 12.7. The number of halogens is 3. The highest BCUT2D eigenvalue weighted by Gasteiger charge is 2.35. The summed E-state index contributed by atoms with van der Waals surface area (Å²) in [5.74, 6) is 0.900. The highest BCUT2D eigenvalue weighted by molar-refractivity contribution is 9.09. The summed E-state index contributed by atoms with van der Waals surface area (Å²) in [6, 6.07) is 5.47. The van der Waals surface area contributed by atoms with E-state index in [0.717, 1.165) is 41.2 Å². The monoisotopic (exact) mass is 441 g/mol. The maximum Gasteiger partial charge on any atom is 0.378 e. The highest BCUT2D eigenvalue weighted by Crippen LogP contribution is 2.35. The van der Waals surface area contributed by atoms with Crippen molar-refractivity contribution in [3.8, 4) is 17.1 Å². The number of hydrogen-bond donors (Lipinski definition) is 0. The summed E-state index contributed by atoms with van der Waals surface area (Å²) in [6.45, 7) is 6.16. The Labute approximate surface area is 163 Å². The van der Waals surface area contributed by atoms with Crippen molar-refractivity contribution >= 4 is 15.9 Å². The summed E-state index contributed by atoms with van der Waals surface area (Å²) in [5, 5.41) is 7.47. The molecule has 0 fully saturated rings. The van der Waals surface area contributed by atoms with E-state index in [1.54, 1.807) is 12.1 Å². The van der Waals surface area contributed by atoms with Crippen LogP contribution in [0.2, 0.25) is 0 Å². The van der Waals surface area contributed by atoms with Gasteiger partial charge in [-0.1, -0.05) is 10.3 Å². The normalized spacial score (nSPS) is 11.8. The summed E-state index contributed by atoms with van der Waals surface area (Å²) in [6.07, 6.45) is 1.52. The summed E-state index contributed by atoms with van der Waals surface area (Å²) >= 11 is 2.21. The van der Waals surface area contributed by atoms with Crippen molar-refractivity contribution in [2.24, 2.45) is 0 Å². The third-order valence-electron chi connectivity index (χ3n) is 3.88. The van der Waals surface area contributed by atoms with Gasteiger partial charge in [-0.15, -0.1) is 0 Å². The predicted molar refractivity (Wildman–Crippen MR) is 97.1 cm³/mol. The molecule has 3 rings (SSSR count). The molecule has 1 aromatic carbocycles. The molecule has 0 aliphatic rings. The number of rotatable bonds is 7. The molecule has 0 aliphatic heterocycles. The van der Waals surface area contributed by atoms with Crippen LogP contribution in [0.25, 0.3) is 11.4 Å². The molecule has 0 unspecified atom stereocenters. The van der Waals surface area contributed by atoms with Crippen molar-refractivity contribution in [2.75, 3.05) is 6.61 Å². The van der Waals surface area contributed by atoms with Crippen LogP contribution in [-0.4, -0.2) is 21.9 Å². The minimum Gasteiger partial charge on any atom is -0.493 e. The van der Waals surface area contributed by atoms with Gasteiger partial charge >= 0.3 is 10.7 Å². The van der Waals surface area contributed by atoms with Gasteiger partial charge in [-0.05, 0) is 50.5 Å². The fourth-order valence-electron chi connectivity index (χ4n) is 2.72. The standard InChI is InChI=1S/C18H18BrF2N3O3/c1-10-7-13(16-22-17(27-24-16)18(19,20)21)8-11(2)15(10)25-6-4-5-14-9-12(3)23-26-14/h7-9H,4-6H2,1-3H3. The maximum absolute atomic E-state index is 13.2. The van der Waals surface area contributed by atoms with E-state index >= 15 is 0 Å². The van der Waals surface area contributed by atoms with Crippen LogP contribution in [-0.2, 0) is 11.3 Å². The minimum atomic E-state index is -3.35. The Kier molecular flexibility index (Phi) is 5.59. The van der Waals surface area contributed by atoms with Gasteiger partial charge in [0.05, 0.1) is 12.3 Å². The Morgan fingerprint density at radius 1 is 1.07 bits per heavy atom. The van der Waals surface area contributed by atoms with E-state index < -0.39 is 10.7 Å². The van der Waals surface area contributed by atoms with Crippen LogP contribution in [0.3, 0.4) is 0 Å². The average molecular weight is 442 g/mol. The van der Waals surface area contributed by atoms with Crippen molar-refractivity contribution in [1.82, 2.24) is 15.3 Å². The number of benzene rings is 1. The predicted octanol–water partition coefficient (Wildman–Crippen LogP) is 5.11. The second kappa shape index (κ2) is 7.75. The Morgan fingerprint density at radius 3 is 2.33 bits per heavy atom. The van der Waals surface area contributed by atoms with E-state index in [4.69, 9.17) is 9.26 Å². The first-order valence-corrected chi connectivity index (χ1v) is 9.11. The van der Waals surface area contributed by atoms with Crippen molar-refractivity contribution in [3.63, 3.8) is 0 Å². The lowest BCUT2D eigenvalue weighted by Crippen LogP contribution is -2.03. The van der Waals surface area contributed by atoms with Crippen molar-refractivity contribution < 1.29 is 22.6 Å². The molecule has 0 saturated carbocycles. The zero-order valence-electron chi connectivity index (χ0n) is 15.1. The Bertz CT molecular complexity index is 911. The van der Waals surface area contributed by atoms with E-state index in [9.17, 15) is 8.78 Å². The molecule has 2 aromatic heterocycles. The zero-order valence-corrected chi connectivity index (χ0v) is 16.6. The van der Waals surface area contributed by atoms with Crippen LogP contribution in [0.15, 0.2) is 27.2 Å². The number of hydrogen-bond acceptors (Lipinski definition) is 6. The molecule has 0 N–H and O–H groups in total. The molecule has 0 bridgehead atoms. The first-order valence-electron chi connectivity index (χ1n) is 8.31. The summed E-state index contributed by atoms with van der Waals surface area (Å²) in [7, 11) is 0. The van der Waals surface area contributed by atoms with Gasteiger partial charge in [-0.3, -0.25) is 0 Å². The lowest BCUT2D eigenvalue weighted by molar-refractivity contribution is 0.0725. The Morgan fingerprint density at radius 2 is 1.78 bits per heavy atom. The average Bonchev–Trinajstić information content (AvgIpc) is 3.22. The van der Waals surface area contributed by atoms with Gasteiger partial charge in [0.15, 0.2) is 0 Å². The first kappa shape index (κ1) is 19.5. The van der Waals surface area contributed by atoms with Crippen LogP contribution < -0.4 is 4.74 Å². The molecule has 0 radical (unpaired) electrons. The molecule has 3 aromatic rings. The Hall–Kier alpha value is -2.29. The van der Waals surface area contributed by atoms with Gasteiger partial charge < -0.3 is 13.8 Å². The van der Waals surface area contributed by atoms with Gasteiger partial charge in [-0.25, -0.2) is 0 Å². The van der Waals surface area contributed by atoms with Crippen molar-refractivity contribution in [1.29, 1.82) is 0 Å². The molecule has 27 heavy (non-hydrogen) atoms. The topological polar surface area (TPSA) is 74.2 Å². The molecule has 9 heteroatoms. The molecule has 0 spiro atoms. The number of ether oxygens (including phenoxy) is 1. The molecule has 2 heterocycles. The molecule has 0 atom stereocenters. The fraction of sp³-hybridized carbons (Fsp3) is 0.389. The molecule has 0 saturated heterocycles. The van der Waals surface area contributed by atoms with Crippen molar-refractivity contribution in [3.05, 3.63) is 46.7 Å². The number of alkyl halides is 3. The largest absolute Gasteiger partial charge is 0.493 e. The molecule has 0 aliphatic carbocycles. The summed E-state index contributed by atoms with van der Waals surface area (Å²) in [5.41, 5.74) is 3.16. The second-order valence-electron chi connectivity index (χ2n) is 6.25.